The molecule has 0 amide bonds. The average molecular weight is 259 g/mol. The molecule has 18 heavy (non-hydrogen) atoms. The fourth-order valence-corrected chi connectivity index (χ4v) is 2.94. The van der Waals surface area contributed by atoms with Gasteiger partial charge >= 0.3 is 0 Å². The van der Waals surface area contributed by atoms with Crippen LogP contribution in [-0.4, -0.2) is 44.2 Å². The molecule has 1 N–H and O–H groups in total. The minimum atomic E-state index is -1.09. The van der Waals surface area contributed by atoms with E-state index in [2.05, 4.69) is 5.32 Å². The van der Waals surface area contributed by atoms with Gasteiger partial charge in [-0.15, -0.1) is 0 Å². The van der Waals surface area contributed by atoms with E-state index < -0.39 is 5.67 Å². The second-order valence-corrected chi connectivity index (χ2v) is 5.87. The predicted molar refractivity (Wildman–Crippen MR) is 69.6 cm³/mol. The molecule has 0 aromatic heterocycles. The van der Waals surface area contributed by atoms with Crippen molar-refractivity contribution < 1.29 is 13.9 Å². The first-order valence-corrected chi connectivity index (χ1v) is 7.27. The van der Waals surface area contributed by atoms with E-state index in [1.165, 1.54) is 6.42 Å². The summed E-state index contributed by atoms with van der Waals surface area (Å²) in [6, 6.07) is 0.177. The molecule has 0 saturated carbocycles. The van der Waals surface area contributed by atoms with Crippen molar-refractivity contribution in [3.8, 4) is 0 Å². The normalized spacial score (nSPS) is 32.3. The van der Waals surface area contributed by atoms with Crippen LogP contribution in [-0.2, 0) is 9.47 Å². The van der Waals surface area contributed by atoms with Crippen LogP contribution in [0.1, 0.15) is 45.4 Å². The smallest absolute Gasteiger partial charge is 0.109 e. The summed E-state index contributed by atoms with van der Waals surface area (Å²) in [7, 11) is 0. The number of hydrogen-bond acceptors (Lipinski definition) is 3. The van der Waals surface area contributed by atoms with E-state index in [0.29, 0.717) is 25.6 Å². The van der Waals surface area contributed by atoms with E-state index in [-0.39, 0.29) is 6.04 Å². The van der Waals surface area contributed by atoms with Crippen LogP contribution in [0.2, 0.25) is 0 Å². The molecule has 2 rings (SSSR count). The standard InChI is InChI=1S/C14H26FNO2/c1-14(15,10-12-11-17-9-7-16-12)6-2-4-13-5-3-8-18-13/h12-13,16H,2-11H2,1H3. The Hall–Kier alpha value is -0.190. The molecule has 2 aliphatic heterocycles. The lowest BCUT2D eigenvalue weighted by Gasteiger charge is -2.30. The van der Waals surface area contributed by atoms with Gasteiger partial charge in [-0.2, -0.15) is 0 Å². The summed E-state index contributed by atoms with van der Waals surface area (Å²) < 4.78 is 25.3. The van der Waals surface area contributed by atoms with E-state index in [1.54, 1.807) is 6.92 Å². The summed E-state index contributed by atoms with van der Waals surface area (Å²) in [5, 5.41) is 3.32. The molecule has 3 atom stereocenters. The lowest BCUT2D eigenvalue weighted by Crippen LogP contribution is -2.44. The number of rotatable bonds is 6. The molecule has 0 aliphatic carbocycles. The van der Waals surface area contributed by atoms with Gasteiger partial charge in [0.1, 0.15) is 5.67 Å². The quantitative estimate of drug-likeness (QED) is 0.795. The molecule has 0 radical (unpaired) electrons. The van der Waals surface area contributed by atoms with Crippen molar-refractivity contribution in [1.82, 2.24) is 5.32 Å². The van der Waals surface area contributed by atoms with E-state index in [9.17, 15) is 4.39 Å². The van der Waals surface area contributed by atoms with Crippen LogP contribution in [0.25, 0.3) is 0 Å². The predicted octanol–water partition coefficient (Wildman–Crippen LogP) is 2.44. The highest BCUT2D eigenvalue weighted by molar-refractivity contribution is 4.83. The Bertz CT molecular complexity index is 236. The zero-order valence-corrected chi connectivity index (χ0v) is 11.4. The largest absolute Gasteiger partial charge is 0.379 e. The first-order chi connectivity index (χ1) is 8.66. The van der Waals surface area contributed by atoms with Crippen molar-refractivity contribution in [3.05, 3.63) is 0 Å². The lowest BCUT2D eigenvalue weighted by molar-refractivity contribution is 0.0426. The molecule has 0 aromatic rings. The number of morpholine rings is 1. The van der Waals surface area contributed by atoms with Gasteiger partial charge in [0.05, 0.1) is 19.3 Å². The van der Waals surface area contributed by atoms with Crippen LogP contribution in [0.3, 0.4) is 0 Å². The highest BCUT2D eigenvalue weighted by atomic mass is 19.1. The zero-order chi connectivity index (χ0) is 12.8. The van der Waals surface area contributed by atoms with Crippen LogP contribution >= 0.6 is 0 Å². The Morgan fingerprint density at radius 1 is 1.39 bits per heavy atom. The molecule has 2 heterocycles. The molecule has 2 aliphatic rings. The first-order valence-electron chi connectivity index (χ1n) is 7.27. The van der Waals surface area contributed by atoms with Crippen molar-refractivity contribution in [3.63, 3.8) is 0 Å². The van der Waals surface area contributed by atoms with Crippen molar-refractivity contribution in [2.45, 2.75) is 63.3 Å². The molecule has 0 bridgehead atoms. The molecule has 0 aromatic carbocycles. The van der Waals surface area contributed by atoms with Gasteiger partial charge in [0.15, 0.2) is 0 Å². The van der Waals surface area contributed by atoms with E-state index >= 15 is 0 Å². The van der Waals surface area contributed by atoms with Gasteiger partial charge in [0.2, 0.25) is 0 Å². The molecular weight excluding hydrogens is 233 g/mol. The highest BCUT2D eigenvalue weighted by Crippen LogP contribution is 2.27. The second-order valence-electron chi connectivity index (χ2n) is 5.87. The van der Waals surface area contributed by atoms with Crippen LogP contribution in [0.4, 0.5) is 4.39 Å². The second kappa shape index (κ2) is 6.83. The summed E-state index contributed by atoms with van der Waals surface area (Å²) in [5.41, 5.74) is -1.09. The molecule has 0 spiro atoms. The lowest BCUT2D eigenvalue weighted by atomic mass is 9.92. The number of alkyl halides is 1. The van der Waals surface area contributed by atoms with Gasteiger partial charge in [-0.05, 0) is 45.4 Å². The Kier molecular flexibility index (Phi) is 5.39. The van der Waals surface area contributed by atoms with Gasteiger partial charge in [-0.3, -0.25) is 0 Å². The van der Waals surface area contributed by atoms with Crippen molar-refractivity contribution in [2.24, 2.45) is 0 Å². The molecule has 106 valence electrons. The number of ether oxygens (including phenoxy) is 2. The SMILES string of the molecule is CC(F)(CCCC1CCCO1)CC1COCCN1. The third-order valence-electron chi connectivity index (χ3n) is 3.92. The van der Waals surface area contributed by atoms with Crippen molar-refractivity contribution in [2.75, 3.05) is 26.4 Å². The number of hydrogen-bond donors (Lipinski definition) is 1. The van der Waals surface area contributed by atoms with E-state index in [4.69, 9.17) is 9.47 Å². The van der Waals surface area contributed by atoms with E-state index in [1.807, 2.05) is 0 Å². The van der Waals surface area contributed by atoms with Gasteiger partial charge in [0, 0.05) is 19.2 Å². The Morgan fingerprint density at radius 2 is 2.28 bits per heavy atom. The third-order valence-corrected chi connectivity index (χ3v) is 3.92. The Morgan fingerprint density at radius 3 is 2.94 bits per heavy atom. The maximum atomic E-state index is 14.4. The number of halogens is 1. The molecule has 4 heteroatoms. The van der Waals surface area contributed by atoms with Gasteiger partial charge < -0.3 is 14.8 Å². The summed E-state index contributed by atoms with van der Waals surface area (Å²) in [4.78, 5) is 0. The average Bonchev–Trinajstić information content (AvgIpc) is 2.82. The molecule has 2 saturated heterocycles. The highest BCUT2D eigenvalue weighted by Gasteiger charge is 2.29. The number of nitrogens with one attached hydrogen (secondary N) is 1. The minimum absolute atomic E-state index is 0.177. The Labute approximate surface area is 109 Å². The Balaban J connectivity index is 1.62. The monoisotopic (exact) mass is 259 g/mol. The molecule has 3 nitrogen and oxygen atoms in total. The van der Waals surface area contributed by atoms with E-state index in [0.717, 1.165) is 39.0 Å². The maximum absolute atomic E-state index is 14.4. The topological polar surface area (TPSA) is 30.5 Å². The summed E-state index contributed by atoms with van der Waals surface area (Å²) in [6.07, 6.45) is 5.82. The molecule has 3 unspecified atom stereocenters. The minimum Gasteiger partial charge on any atom is -0.379 e. The van der Waals surface area contributed by atoms with Crippen molar-refractivity contribution >= 4 is 0 Å². The van der Waals surface area contributed by atoms with Gasteiger partial charge in [-0.1, -0.05) is 0 Å². The first kappa shape index (κ1) is 14.2. The molecule has 2 fully saturated rings. The van der Waals surface area contributed by atoms with Gasteiger partial charge in [0.25, 0.3) is 0 Å². The summed E-state index contributed by atoms with van der Waals surface area (Å²) in [6.45, 7) is 4.85. The van der Waals surface area contributed by atoms with Gasteiger partial charge in [-0.25, -0.2) is 4.39 Å². The van der Waals surface area contributed by atoms with Crippen LogP contribution < -0.4 is 5.32 Å². The fraction of sp³-hybridized carbons (Fsp3) is 1.00. The van der Waals surface area contributed by atoms with Crippen LogP contribution in [0.5, 0.6) is 0 Å². The summed E-state index contributed by atoms with van der Waals surface area (Å²) >= 11 is 0. The maximum Gasteiger partial charge on any atom is 0.109 e. The zero-order valence-electron chi connectivity index (χ0n) is 11.4. The van der Waals surface area contributed by atoms with Crippen molar-refractivity contribution in [1.29, 1.82) is 0 Å². The van der Waals surface area contributed by atoms with Crippen LogP contribution in [0.15, 0.2) is 0 Å². The fourth-order valence-electron chi connectivity index (χ4n) is 2.94. The third kappa shape index (κ3) is 4.82. The van der Waals surface area contributed by atoms with Crippen LogP contribution in [0, 0.1) is 0 Å². The summed E-state index contributed by atoms with van der Waals surface area (Å²) in [5.74, 6) is 0. The molecular formula is C14H26FNO2.